The van der Waals surface area contributed by atoms with E-state index in [4.69, 9.17) is 4.74 Å². The number of allylic oxidation sites excluding steroid dienone is 1. The Morgan fingerprint density at radius 2 is 1.94 bits per heavy atom. The maximum absolute atomic E-state index is 10.3. The summed E-state index contributed by atoms with van der Waals surface area (Å²) in [7, 11) is 0. The number of aryl methyl sites for hydroxylation is 2. The van der Waals surface area contributed by atoms with E-state index in [-0.39, 0.29) is 0 Å². The fourth-order valence-corrected chi connectivity index (χ4v) is 2.30. The zero-order valence-electron chi connectivity index (χ0n) is 10.2. The number of halogens is 1. The molecule has 1 aromatic rings. The van der Waals surface area contributed by atoms with E-state index in [0.29, 0.717) is 12.4 Å². The summed E-state index contributed by atoms with van der Waals surface area (Å²) in [5.74, 6) is 0.692. The van der Waals surface area contributed by atoms with Crippen LogP contribution in [0.4, 0.5) is 0 Å². The van der Waals surface area contributed by atoms with Crippen molar-refractivity contribution in [3.05, 3.63) is 45.1 Å². The van der Waals surface area contributed by atoms with Crippen molar-refractivity contribution in [2.75, 3.05) is 6.61 Å². The predicted molar refractivity (Wildman–Crippen MR) is 71.8 cm³/mol. The van der Waals surface area contributed by atoms with Gasteiger partial charge in [-0.05, 0) is 49.5 Å². The van der Waals surface area contributed by atoms with Crippen LogP contribution in [0.2, 0.25) is 0 Å². The van der Waals surface area contributed by atoms with Crippen LogP contribution >= 0.6 is 15.9 Å². The van der Waals surface area contributed by atoms with Crippen LogP contribution in [0.25, 0.3) is 0 Å². The van der Waals surface area contributed by atoms with Crippen molar-refractivity contribution in [2.24, 2.45) is 0 Å². The van der Waals surface area contributed by atoms with Crippen molar-refractivity contribution >= 4 is 15.9 Å². The topological polar surface area (TPSA) is 29.5 Å². The number of hydrogen-bond acceptors (Lipinski definition) is 2. The molecule has 3 heteroatoms. The highest BCUT2D eigenvalue weighted by Crippen LogP contribution is 2.30. The van der Waals surface area contributed by atoms with Crippen LogP contribution in [0.3, 0.4) is 0 Å². The van der Waals surface area contributed by atoms with Gasteiger partial charge in [0.15, 0.2) is 0 Å². The summed E-state index contributed by atoms with van der Waals surface area (Å²) in [6.45, 7) is 4.77. The second kappa shape index (κ2) is 5.23. The van der Waals surface area contributed by atoms with Gasteiger partial charge in [-0.25, -0.2) is 0 Å². The number of aliphatic hydroxyl groups is 1. The molecule has 0 aromatic heterocycles. The monoisotopic (exact) mass is 296 g/mol. The standard InChI is InChI=1S/C14H17BrO2/c1-9-7-11(8-10(2)13(9)15)14(16)12-5-3-4-6-17-12/h5,7-8,14,16H,3-4,6H2,1-2H3. The van der Waals surface area contributed by atoms with Crippen molar-refractivity contribution in [1.29, 1.82) is 0 Å². The van der Waals surface area contributed by atoms with Gasteiger partial charge in [-0.2, -0.15) is 0 Å². The fraction of sp³-hybridized carbons (Fsp3) is 0.429. The Bertz CT molecular complexity index is 429. The molecule has 1 unspecified atom stereocenters. The van der Waals surface area contributed by atoms with E-state index in [1.807, 2.05) is 32.1 Å². The zero-order valence-corrected chi connectivity index (χ0v) is 11.8. The van der Waals surface area contributed by atoms with E-state index in [9.17, 15) is 5.11 Å². The van der Waals surface area contributed by atoms with E-state index >= 15 is 0 Å². The Hall–Kier alpha value is -0.800. The molecular weight excluding hydrogens is 280 g/mol. The molecule has 1 atom stereocenters. The van der Waals surface area contributed by atoms with Crippen LogP contribution in [-0.2, 0) is 4.74 Å². The lowest BCUT2D eigenvalue weighted by Crippen LogP contribution is -2.10. The normalized spacial score (nSPS) is 17.3. The maximum atomic E-state index is 10.3. The van der Waals surface area contributed by atoms with Crippen molar-refractivity contribution in [3.63, 3.8) is 0 Å². The van der Waals surface area contributed by atoms with Crippen LogP contribution in [0.5, 0.6) is 0 Å². The van der Waals surface area contributed by atoms with Gasteiger partial charge in [0.2, 0.25) is 0 Å². The van der Waals surface area contributed by atoms with Crippen LogP contribution in [0, 0.1) is 13.8 Å². The molecule has 0 aliphatic carbocycles. The van der Waals surface area contributed by atoms with Crippen molar-refractivity contribution < 1.29 is 9.84 Å². The van der Waals surface area contributed by atoms with Crippen LogP contribution in [0.15, 0.2) is 28.4 Å². The molecule has 0 fully saturated rings. The van der Waals surface area contributed by atoms with E-state index in [1.54, 1.807) is 0 Å². The SMILES string of the molecule is Cc1cc(C(O)C2=CCCCO2)cc(C)c1Br. The molecule has 0 radical (unpaired) electrons. The highest BCUT2D eigenvalue weighted by molar-refractivity contribution is 9.10. The van der Waals surface area contributed by atoms with Crippen LogP contribution in [0.1, 0.15) is 35.6 Å². The Morgan fingerprint density at radius 3 is 2.47 bits per heavy atom. The number of benzene rings is 1. The molecule has 0 saturated carbocycles. The second-order valence-corrected chi connectivity index (χ2v) is 5.26. The van der Waals surface area contributed by atoms with Gasteiger partial charge in [0.1, 0.15) is 11.9 Å². The first kappa shape index (κ1) is 12.7. The molecule has 1 heterocycles. The fourth-order valence-electron chi connectivity index (χ4n) is 2.07. The summed E-state index contributed by atoms with van der Waals surface area (Å²) in [5.41, 5.74) is 3.17. The van der Waals surface area contributed by atoms with Crippen molar-refractivity contribution in [3.8, 4) is 0 Å². The third-order valence-electron chi connectivity index (χ3n) is 3.01. The summed E-state index contributed by atoms with van der Waals surface area (Å²) in [6, 6.07) is 4.00. The second-order valence-electron chi connectivity index (χ2n) is 4.47. The van der Waals surface area contributed by atoms with Crippen molar-refractivity contribution in [2.45, 2.75) is 32.8 Å². The van der Waals surface area contributed by atoms with Gasteiger partial charge in [-0.3, -0.25) is 0 Å². The summed E-state index contributed by atoms with van der Waals surface area (Å²) < 4.78 is 6.61. The molecule has 92 valence electrons. The van der Waals surface area contributed by atoms with E-state index < -0.39 is 6.10 Å². The summed E-state index contributed by atoms with van der Waals surface area (Å²) >= 11 is 3.53. The quantitative estimate of drug-likeness (QED) is 0.900. The van der Waals surface area contributed by atoms with E-state index in [2.05, 4.69) is 15.9 Å². The summed E-state index contributed by atoms with van der Waals surface area (Å²) in [6.07, 6.45) is 3.37. The molecule has 0 bridgehead atoms. The van der Waals surface area contributed by atoms with Crippen LogP contribution < -0.4 is 0 Å². The van der Waals surface area contributed by atoms with Gasteiger partial charge in [0.05, 0.1) is 6.61 Å². The van der Waals surface area contributed by atoms with Gasteiger partial charge >= 0.3 is 0 Å². The van der Waals surface area contributed by atoms with E-state index in [0.717, 1.165) is 34.0 Å². The largest absolute Gasteiger partial charge is 0.495 e. The third kappa shape index (κ3) is 2.72. The lowest BCUT2D eigenvalue weighted by atomic mass is 10.0. The van der Waals surface area contributed by atoms with Gasteiger partial charge in [-0.15, -0.1) is 0 Å². The molecule has 0 saturated heterocycles. The van der Waals surface area contributed by atoms with Gasteiger partial charge in [0.25, 0.3) is 0 Å². The molecule has 0 spiro atoms. The molecule has 0 amide bonds. The first-order chi connectivity index (χ1) is 8.09. The van der Waals surface area contributed by atoms with E-state index in [1.165, 1.54) is 0 Å². The number of ether oxygens (including phenoxy) is 1. The first-order valence-corrected chi connectivity index (χ1v) is 6.66. The molecule has 1 aliphatic rings. The highest BCUT2D eigenvalue weighted by Gasteiger charge is 2.18. The summed E-state index contributed by atoms with van der Waals surface area (Å²) in [5, 5.41) is 10.3. The average Bonchev–Trinajstić information content (AvgIpc) is 2.35. The smallest absolute Gasteiger partial charge is 0.136 e. The Kier molecular flexibility index (Phi) is 3.89. The number of hydrogen-bond donors (Lipinski definition) is 1. The molecule has 1 aliphatic heterocycles. The Morgan fingerprint density at radius 1 is 1.29 bits per heavy atom. The van der Waals surface area contributed by atoms with Gasteiger partial charge in [0, 0.05) is 4.47 Å². The van der Waals surface area contributed by atoms with Crippen molar-refractivity contribution in [1.82, 2.24) is 0 Å². The van der Waals surface area contributed by atoms with Gasteiger partial charge < -0.3 is 9.84 Å². The molecule has 1 N–H and O–H groups in total. The van der Waals surface area contributed by atoms with Gasteiger partial charge in [-0.1, -0.05) is 28.1 Å². The molecule has 2 nitrogen and oxygen atoms in total. The lowest BCUT2D eigenvalue weighted by molar-refractivity contribution is 0.0917. The minimum Gasteiger partial charge on any atom is -0.495 e. The Balaban J connectivity index is 2.30. The predicted octanol–water partition coefficient (Wildman–Crippen LogP) is 3.79. The molecular formula is C14H17BrO2. The third-order valence-corrected chi connectivity index (χ3v) is 4.26. The number of rotatable bonds is 2. The maximum Gasteiger partial charge on any atom is 0.136 e. The van der Waals surface area contributed by atoms with Crippen LogP contribution in [-0.4, -0.2) is 11.7 Å². The lowest BCUT2D eigenvalue weighted by Gasteiger charge is -2.21. The minimum atomic E-state index is -0.638. The Labute approximate surface area is 110 Å². The molecule has 1 aromatic carbocycles. The molecule has 17 heavy (non-hydrogen) atoms. The zero-order chi connectivity index (χ0) is 12.4. The summed E-state index contributed by atoms with van der Waals surface area (Å²) in [4.78, 5) is 0. The number of aliphatic hydroxyl groups excluding tert-OH is 1. The first-order valence-electron chi connectivity index (χ1n) is 5.87. The molecule has 2 rings (SSSR count). The average molecular weight is 297 g/mol. The minimum absolute atomic E-state index is 0.638. The highest BCUT2D eigenvalue weighted by atomic mass is 79.9.